The molecule has 0 fully saturated rings. The minimum atomic E-state index is -3.73. The Bertz CT molecular complexity index is 1450. The van der Waals surface area contributed by atoms with Gasteiger partial charge in [-0.25, -0.2) is 8.42 Å². The van der Waals surface area contributed by atoms with Gasteiger partial charge in [-0.1, -0.05) is 68.3 Å². The summed E-state index contributed by atoms with van der Waals surface area (Å²) in [5.74, 6) is -0.0973. The summed E-state index contributed by atoms with van der Waals surface area (Å²) < 4.78 is 33.3. The lowest BCUT2D eigenvalue weighted by molar-refractivity contribution is 0.102. The van der Waals surface area contributed by atoms with Crippen LogP contribution >= 0.6 is 11.8 Å². The molecule has 0 unspecified atom stereocenters. The number of thioether (sulfide) groups is 1. The zero-order valence-electron chi connectivity index (χ0n) is 21.5. The monoisotopic (exact) mass is 550 g/mol. The lowest BCUT2D eigenvalue weighted by atomic mass is 10.1. The van der Waals surface area contributed by atoms with Gasteiger partial charge in [0, 0.05) is 28.8 Å². The zero-order valence-corrected chi connectivity index (χ0v) is 23.1. The third-order valence-electron chi connectivity index (χ3n) is 5.65. The molecule has 0 spiro atoms. The molecule has 198 valence electrons. The Morgan fingerprint density at radius 2 is 1.63 bits per heavy atom. The highest BCUT2D eigenvalue weighted by molar-refractivity contribution is 7.99. The molecule has 1 heterocycles. The molecule has 3 aromatic carbocycles. The summed E-state index contributed by atoms with van der Waals surface area (Å²) in [4.78, 5) is 14.0. The highest BCUT2D eigenvalue weighted by atomic mass is 32.2. The molecular weight excluding hydrogens is 520 g/mol. The number of rotatable bonds is 11. The van der Waals surface area contributed by atoms with Gasteiger partial charge in [0.1, 0.15) is 0 Å². The first-order valence-corrected chi connectivity index (χ1v) is 14.6. The van der Waals surface area contributed by atoms with E-state index in [2.05, 4.69) is 41.5 Å². The Hall–Kier alpha value is -3.47. The predicted molar refractivity (Wildman–Crippen MR) is 149 cm³/mol. The smallest absolute Gasteiger partial charge is 0.322 e. The van der Waals surface area contributed by atoms with Crippen molar-refractivity contribution in [2.75, 3.05) is 11.9 Å². The number of nitrogens with one attached hydrogen (secondary N) is 1. The second-order valence-electron chi connectivity index (χ2n) is 8.88. The van der Waals surface area contributed by atoms with Gasteiger partial charge in [0.25, 0.3) is 5.91 Å². The molecule has 4 rings (SSSR count). The Balaban J connectivity index is 1.37. The lowest BCUT2D eigenvalue weighted by Gasteiger charge is -2.20. The molecule has 1 N–H and O–H groups in total. The van der Waals surface area contributed by atoms with Crippen molar-refractivity contribution in [2.45, 2.75) is 48.8 Å². The highest BCUT2D eigenvalue weighted by Crippen LogP contribution is 2.24. The molecule has 0 aliphatic carbocycles. The quantitative estimate of drug-likeness (QED) is 0.242. The number of benzene rings is 3. The van der Waals surface area contributed by atoms with Crippen LogP contribution in [0.5, 0.6) is 0 Å². The molecular formula is C28H30N4O4S2. The SMILES string of the molecule is CCN(Cc1ccccc1)S(=O)(=O)c1ccc(C(=O)Nc2nnc(Cc3ccc(SC(C)C)cc3)o2)cc1. The van der Waals surface area contributed by atoms with Crippen LogP contribution in [0.2, 0.25) is 0 Å². The Labute approximate surface area is 227 Å². The molecule has 0 saturated carbocycles. The summed E-state index contributed by atoms with van der Waals surface area (Å²) in [7, 11) is -3.73. The lowest BCUT2D eigenvalue weighted by Crippen LogP contribution is -2.30. The number of carbonyl (C=O) groups is 1. The van der Waals surface area contributed by atoms with Crippen LogP contribution in [0.1, 0.15) is 48.1 Å². The van der Waals surface area contributed by atoms with Gasteiger partial charge in [-0.3, -0.25) is 10.1 Å². The van der Waals surface area contributed by atoms with E-state index < -0.39 is 15.9 Å². The van der Waals surface area contributed by atoms with Crippen molar-refractivity contribution >= 4 is 33.7 Å². The van der Waals surface area contributed by atoms with Crippen molar-refractivity contribution in [3.63, 3.8) is 0 Å². The molecule has 8 nitrogen and oxygen atoms in total. The number of anilines is 1. The highest BCUT2D eigenvalue weighted by Gasteiger charge is 2.23. The van der Waals surface area contributed by atoms with Gasteiger partial charge in [0.05, 0.1) is 11.3 Å². The first-order valence-electron chi connectivity index (χ1n) is 12.3. The fraction of sp³-hybridized carbons (Fsp3) is 0.250. The maximum atomic E-state index is 13.1. The Morgan fingerprint density at radius 1 is 0.947 bits per heavy atom. The number of sulfonamides is 1. The van der Waals surface area contributed by atoms with E-state index >= 15 is 0 Å². The molecule has 38 heavy (non-hydrogen) atoms. The van der Waals surface area contributed by atoms with Gasteiger partial charge in [-0.2, -0.15) is 4.31 Å². The summed E-state index contributed by atoms with van der Waals surface area (Å²) in [5.41, 5.74) is 2.19. The summed E-state index contributed by atoms with van der Waals surface area (Å²) in [6, 6.07) is 23.3. The number of amides is 1. The van der Waals surface area contributed by atoms with E-state index in [0.29, 0.717) is 24.1 Å². The summed E-state index contributed by atoms with van der Waals surface area (Å²) in [5, 5.41) is 11.0. The first kappa shape index (κ1) is 27.6. The summed E-state index contributed by atoms with van der Waals surface area (Å²) >= 11 is 1.79. The van der Waals surface area contributed by atoms with Crippen LogP contribution in [0.4, 0.5) is 6.01 Å². The van der Waals surface area contributed by atoms with Crippen molar-refractivity contribution in [3.8, 4) is 0 Å². The van der Waals surface area contributed by atoms with E-state index in [0.717, 1.165) is 11.1 Å². The van der Waals surface area contributed by atoms with Crippen LogP contribution in [-0.2, 0) is 23.0 Å². The van der Waals surface area contributed by atoms with Gasteiger partial charge >= 0.3 is 6.01 Å². The molecule has 1 amide bonds. The second-order valence-corrected chi connectivity index (χ2v) is 12.5. The van der Waals surface area contributed by atoms with E-state index in [1.807, 2.05) is 42.5 Å². The molecule has 10 heteroatoms. The molecule has 0 aliphatic heterocycles. The third-order valence-corrected chi connectivity index (χ3v) is 8.60. The number of hydrogen-bond acceptors (Lipinski definition) is 7. The maximum Gasteiger partial charge on any atom is 0.322 e. The van der Waals surface area contributed by atoms with Crippen molar-refractivity contribution in [1.29, 1.82) is 0 Å². The minimum absolute atomic E-state index is 0.0197. The van der Waals surface area contributed by atoms with Crippen LogP contribution in [0, 0.1) is 0 Å². The normalized spacial score (nSPS) is 11.7. The van der Waals surface area contributed by atoms with Crippen molar-refractivity contribution in [1.82, 2.24) is 14.5 Å². The van der Waals surface area contributed by atoms with Crippen LogP contribution in [-0.4, -0.2) is 40.6 Å². The van der Waals surface area contributed by atoms with Crippen molar-refractivity contribution < 1.29 is 17.6 Å². The molecule has 0 bridgehead atoms. The van der Waals surface area contributed by atoms with Gasteiger partial charge in [-0.15, -0.1) is 16.9 Å². The van der Waals surface area contributed by atoms with Crippen LogP contribution in [0.3, 0.4) is 0 Å². The minimum Gasteiger partial charge on any atom is -0.407 e. The van der Waals surface area contributed by atoms with Crippen molar-refractivity contribution in [3.05, 3.63) is 101 Å². The molecule has 4 aromatic rings. The Morgan fingerprint density at radius 3 is 2.26 bits per heavy atom. The molecule has 0 saturated heterocycles. The molecule has 0 aliphatic rings. The number of hydrogen-bond donors (Lipinski definition) is 1. The van der Waals surface area contributed by atoms with Gasteiger partial charge in [0.2, 0.25) is 15.9 Å². The largest absolute Gasteiger partial charge is 0.407 e. The summed E-state index contributed by atoms with van der Waals surface area (Å²) in [6.45, 7) is 6.68. The zero-order chi connectivity index (χ0) is 27.1. The standard InChI is InChI=1S/C28H30N4O4S2/c1-4-32(19-22-8-6-5-7-9-22)38(34,35)25-16-12-23(13-17-25)27(33)29-28-31-30-26(36-28)18-21-10-14-24(15-11-21)37-20(2)3/h5-17,20H,4,18-19H2,1-3H3,(H,29,31,33). The number of carbonyl (C=O) groups excluding carboxylic acids is 1. The molecule has 0 atom stereocenters. The number of aromatic nitrogens is 2. The topological polar surface area (TPSA) is 105 Å². The van der Waals surface area contributed by atoms with Gasteiger partial charge in [0.15, 0.2) is 0 Å². The van der Waals surface area contributed by atoms with Gasteiger partial charge < -0.3 is 4.42 Å². The average Bonchev–Trinajstić information content (AvgIpc) is 3.35. The average molecular weight is 551 g/mol. The van der Waals surface area contributed by atoms with Crippen LogP contribution in [0.15, 0.2) is 93.1 Å². The predicted octanol–water partition coefficient (Wildman–Crippen LogP) is 5.62. The van der Waals surface area contributed by atoms with Crippen molar-refractivity contribution in [2.24, 2.45) is 0 Å². The van der Waals surface area contributed by atoms with E-state index in [9.17, 15) is 13.2 Å². The van der Waals surface area contributed by atoms with Crippen LogP contribution in [0.25, 0.3) is 0 Å². The molecule has 1 aromatic heterocycles. The second kappa shape index (κ2) is 12.4. The first-order chi connectivity index (χ1) is 18.2. The van der Waals surface area contributed by atoms with Gasteiger partial charge in [-0.05, 0) is 47.5 Å². The van der Waals surface area contributed by atoms with E-state index in [4.69, 9.17) is 4.42 Å². The fourth-order valence-corrected chi connectivity index (χ4v) is 6.03. The van der Waals surface area contributed by atoms with Crippen LogP contribution < -0.4 is 5.32 Å². The van der Waals surface area contributed by atoms with E-state index in [1.165, 1.54) is 33.5 Å². The van der Waals surface area contributed by atoms with E-state index in [1.54, 1.807) is 18.7 Å². The van der Waals surface area contributed by atoms with E-state index in [-0.39, 0.29) is 23.0 Å². The molecule has 0 radical (unpaired) electrons. The summed E-state index contributed by atoms with van der Waals surface area (Å²) in [6.07, 6.45) is 0.443. The maximum absolute atomic E-state index is 13.1. The Kier molecular flexibility index (Phi) is 8.98. The number of nitrogens with zero attached hydrogens (tertiary/aromatic N) is 3. The third kappa shape index (κ3) is 7.09. The fourth-order valence-electron chi connectivity index (χ4n) is 3.76.